The summed E-state index contributed by atoms with van der Waals surface area (Å²) in [6.07, 6.45) is 5.88. The molecule has 1 unspecified atom stereocenters. The van der Waals surface area contributed by atoms with Gasteiger partial charge in [0.05, 0.1) is 11.7 Å². The van der Waals surface area contributed by atoms with E-state index in [-0.39, 0.29) is 9.76 Å². The van der Waals surface area contributed by atoms with Crippen molar-refractivity contribution in [2.24, 2.45) is 0 Å². The van der Waals surface area contributed by atoms with Gasteiger partial charge >= 0.3 is 0 Å². The highest BCUT2D eigenvalue weighted by Crippen LogP contribution is 2.11. The lowest BCUT2D eigenvalue weighted by atomic mass is 10.2. The van der Waals surface area contributed by atoms with E-state index < -0.39 is 0 Å². The van der Waals surface area contributed by atoms with Crippen molar-refractivity contribution in [3.05, 3.63) is 0 Å². The lowest BCUT2D eigenvalue weighted by Gasteiger charge is -2.21. The zero-order chi connectivity index (χ0) is 7.94. The average Bonchev–Trinajstić information content (AvgIpc) is 2.07. The zero-order valence-corrected chi connectivity index (χ0v) is 9.28. The summed E-state index contributed by atoms with van der Waals surface area (Å²) in [5.74, 6) is 0.853. The summed E-state index contributed by atoms with van der Waals surface area (Å²) in [6, 6.07) is 0. The fraction of sp³-hybridized carbons (Fsp3) is 1.00. The van der Waals surface area contributed by atoms with Crippen LogP contribution < -0.4 is 0 Å². The fourth-order valence-corrected chi connectivity index (χ4v) is 3.23. The molecule has 0 aromatic heterocycles. The first-order valence-corrected chi connectivity index (χ1v) is 6.90. The molecule has 0 aromatic rings. The van der Waals surface area contributed by atoms with Crippen LogP contribution in [0.2, 0.25) is 0 Å². The van der Waals surface area contributed by atoms with Gasteiger partial charge in [0.1, 0.15) is 0 Å². The van der Waals surface area contributed by atoms with E-state index in [2.05, 4.69) is 6.26 Å². The molecule has 1 aliphatic heterocycles. The molecular weight excluding hydrogens is 176 g/mol. The summed E-state index contributed by atoms with van der Waals surface area (Å²) in [4.78, 5) is 0. The predicted octanol–water partition coefficient (Wildman–Crippen LogP) is 0.934. The first-order valence-electron chi connectivity index (χ1n) is 4.12. The van der Waals surface area contributed by atoms with Gasteiger partial charge in [-0.2, -0.15) is 0 Å². The van der Waals surface area contributed by atoms with E-state index in [1.807, 2.05) is 0 Å². The van der Waals surface area contributed by atoms with Crippen molar-refractivity contribution < 1.29 is 9.16 Å². The van der Waals surface area contributed by atoms with Crippen LogP contribution in [0.1, 0.15) is 19.3 Å². The molecule has 1 heterocycles. The summed E-state index contributed by atoms with van der Waals surface area (Å²) in [7, 11) is -0.389. The van der Waals surface area contributed by atoms with Crippen LogP contribution in [-0.2, 0) is 9.16 Å². The molecule has 1 fully saturated rings. The number of hydrogen-bond donors (Lipinski definition) is 0. The van der Waals surface area contributed by atoms with Gasteiger partial charge in [0.25, 0.3) is 0 Å². The second-order valence-corrected chi connectivity index (χ2v) is 5.23. The van der Waals surface area contributed by atoms with Crippen molar-refractivity contribution in [2.45, 2.75) is 25.0 Å². The number of thioether (sulfide) groups is 1. The maximum Gasteiger partial charge on any atom is 0.191 e. The molecule has 0 bridgehead atoms. The van der Waals surface area contributed by atoms with Gasteiger partial charge in [0.15, 0.2) is 9.76 Å². The Morgan fingerprint density at radius 3 is 3.18 bits per heavy atom. The summed E-state index contributed by atoms with van der Waals surface area (Å²) < 4.78 is 11.1. The van der Waals surface area contributed by atoms with Gasteiger partial charge in [-0.15, -0.1) is 11.8 Å². The maximum absolute atomic E-state index is 5.55. The van der Waals surface area contributed by atoms with E-state index in [4.69, 9.17) is 9.16 Å². The van der Waals surface area contributed by atoms with Crippen molar-refractivity contribution in [1.29, 1.82) is 0 Å². The van der Waals surface area contributed by atoms with Gasteiger partial charge in [0, 0.05) is 6.61 Å². The molecule has 0 aromatic carbocycles. The van der Waals surface area contributed by atoms with Crippen LogP contribution in [0.3, 0.4) is 0 Å². The Kier molecular flexibility index (Phi) is 5.27. The Balaban J connectivity index is 1.96. The van der Waals surface area contributed by atoms with E-state index in [1.165, 1.54) is 19.3 Å². The molecule has 0 amide bonds. The van der Waals surface area contributed by atoms with Crippen LogP contribution in [0, 0.1) is 0 Å². The number of hydrogen-bond acceptors (Lipinski definition) is 3. The van der Waals surface area contributed by atoms with Gasteiger partial charge in [-0.1, -0.05) is 0 Å². The maximum atomic E-state index is 5.55. The molecule has 1 aliphatic rings. The van der Waals surface area contributed by atoms with Gasteiger partial charge in [-0.3, -0.25) is 0 Å². The Morgan fingerprint density at radius 2 is 2.55 bits per heavy atom. The summed E-state index contributed by atoms with van der Waals surface area (Å²) in [5, 5.41) is 0. The molecule has 0 radical (unpaired) electrons. The molecule has 0 spiro atoms. The van der Waals surface area contributed by atoms with Crippen molar-refractivity contribution >= 4 is 21.5 Å². The third kappa shape index (κ3) is 4.15. The van der Waals surface area contributed by atoms with E-state index in [0.717, 1.165) is 12.5 Å². The van der Waals surface area contributed by atoms with Crippen LogP contribution in [0.5, 0.6) is 0 Å². The van der Waals surface area contributed by atoms with Crippen LogP contribution in [0.25, 0.3) is 0 Å². The monoisotopic (exact) mass is 192 g/mol. The SMILES string of the molecule is CSCO[SiH2]C1CCCCO1. The highest BCUT2D eigenvalue weighted by Gasteiger charge is 2.13. The lowest BCUT2D eigenvalue weighted by molar-refractivity contribution is 0.0567. The Labute approximate surface area is 75.0 Å². The highest BCUT2D eigenvalue weighted by atomic mass is 32.2. The first kappa shape index (κ1) is 9.57. The molecular formula is C7H16O2SSi. The largest absolute Gasteiger partial charge is 0.412 e. The highest BCUT2D eigenvalue weighted by molar-refractivity contribution is 7.98. The molecule has 4 heteroatoms. The van der Waals surface area contributed by atoms with E-state index in [1.54, 1.807) is 11.8 Å². The van der Waals surface area contributed by atoms with Gasteiger partial charge in [0.2, 0.25) is 0 Å². The number of rotatable bonds is 4. The van der Waals surface area contributed by atoms with Crippen LogP contribution in [0.15, 0.2) is 0 Å². The molecule has 1 atom stereocenters. The second-order valence-electron chi connectivity index (χ2n) is 2.77. The minimum Gasteiger partial charge on any atom is -0.412 e. The molecule has 1 rings (SSSR count). The fourth-order valence-electron chi connectivity index (χ4n) is 1.20. The third-order valence-electron chi connectivity index (χ3n) is 1.78. The lowest BCUT2D eigenvalue weighted by Crippen LogP contribution is -2.27. The standard InChI is InChI=1S/C7H16O2SSi/c1-10-6-9-11-7-4-2-3-5-8-7/h7H,2-6,11H2,1H3. The first-order chi connectivity index (χ1) is 5.43. The zero-order valence-electron chi connectivity index (χ0n) is 7.04. The minimum atomic E-state index is -0.389. The summed E-state index contributed by atoms with van der Waals surface area (Å²) >= 11 is 1.75. The smallest absolute Gasteiger partial charge is 0.191 e. The normalized spacial score (nSPS) is 26.5. The van der Waals surface area contributed by atoms with E-state index in [9.17, 15) is 0 Å². The van der Waals surface area contributed by atoms with E-state index >= 15 is 0 Å². The van der Waals surface area contributed by atoms with Crippen molar-refractivity contribution in [2.75, 3.05) is 18.8 Å². The van der Waals surface area contributed by atoms with E-state index in [0.29, 0.717) is 5.73 Å². The summed E-state index contributed by atoms with van der Waals surface area (Å²) in [6.45, 7) is 0.959. The number of ether oxygens (including phenoxy) is 1. The molecule has 66 valence electrons. The average molecular weight is 192 g/mol. The van der Waals surface area contributed by atoms with Gasteiger partial charge in [-0.05, 0) is 25.5 Å². The third-order valence-corrected chi connectivity index (χ3v) is 3.93. The molecule has 0 aliphatic carbocycles. The topological polar surface area (TPSA) is 18.5 Å². The molecule has 2 nitrogen and oxygen atoms in total. The van der Waals surface area contributed by atoms with Crippen LogP contribution in [-0.4, -0.2) is 34.3 Å². The molecule has 0 N–H and O–H groups in total. The van der Waals surface area contributed by atoms with Crippen molar-refractivity contribution in [1.82, 2.24) is 0 Å². The molecule has 0 saturated carbocycles. The molecule has 1 saturated heterocycles. The Bertz CT molecular complexity index is 96.4. The van der Waals surface area contributed by atoms with Gasteiger partial charge in [-0.25, -0.2) is 0 Å². The van der Waals surface area contributed by atoms with Crippen LogP contribution >= 0.6 is 11.8 Å². The Morgan fingerprint density at radius 1 is 1.64 bits per heavy atom. The van der Waals surface area contributed by atoms with Crippen molar-refractivity contribution in [3.63, 3.8) is 0 Å². The quantitative estimate of drug-likeness (QED) is 0.375. The minimum absolute atomic E-state index is 0.389. The second kappa shape index (κ2) is 6.05. The van der Waals surface area contributed by atoms with Crippen LogP contribution in [0.4, 0.5) is 0 Å². The van der Waals surface area contributed by atoms with Crippen molar-refractivity contribution in [3.8, 4) is 0 Å². The Hall–Kier alpha value is 0.487. The summed E-state index contributed by atoms with van der Waals surface area (Å²) in [5.41, 5.74) is 0.510. The molecule has 11 heavy (non-hydrogen) atoms. The van der Waals surface area contributed by atoms with Gasteiger partial charge < -0.3 is 9.16 Å². The predicted molar refractivity (Wildman–Crippen MR) is 51.6 cm³/mol.